The monoisotopic (exact) mass is 314 g/mol. The Morgan fingerprint density at radius 3 is 2.45 bits per heavy atom. The number of thiophene rings is 1. The zero-order valence-corrected chi connectivity index (χ0v) is 12.4. The number of ether oxygens (including phenoxy) is 2. The molecule has 0 amide bonds. The number of piperidine rings is 1. The summed E-state index contributed by atoms with van der Waals surface area (Å²) in [4.78, 5) is 0.402. The van der Waals surface area contributed by atoms with E-state index in [1.807, 2.05) is 6.07 Å². The summed E-state index contributed by atoms with van der Waals surface area (Å²) in [5.74, 6) is -0.584. The molecule has 8 heteroatoms. The topological polar surface area (TPSA) is 79.6 Å². The molecule has 3 rings (SSSR count). The largest absolute Gasteiger partial charge is 0.347 e. The van der Waals surface area contributed by atoms with Crippen LogP contribution in [-0.4, -0.2) is 44.8 Å². The van der Waals surface area contributed by atoms with Crippen LogP contribution in [0.25, 0.3) is 0 Å². The summed E-state index contributed by atoms with van der Waals surface area (Å²) < 4.78 is 37.8. The molecule has 2 fully saturated rings. The lowest BCUT2D eigenvalue weighted by atomic mass is 10.1. The predicted octanol–water partition coefficient (Wildman–Crippen LogP) is 1.15. The number of nitriles is 1. The molecule has 3 heterocycles. The molecule has 0 atom stereocenters. The van der Waals surface area contributed by atoms with Crippen LogP contribution in [0.1, 0.15) is 17.7 Å². The summed E-state index contributed by atoms with van der Waals surface area (Å²) in [7, 11) is -3.51. The highest BCUT2D eigenvalue weighted by atomic mass is 32.2. The van der Waals surface area contributed by atoms with Crippen LogP contribution in [0.2, 0.25) is 0 Å². The number of nitrogens with zero attached hydrogens (tertiary/aromatic N) is 2. The van der Waals surface area contributed by atoms with Crippen LogP contribution >= 0.6 is 11.3 Å². The van der Waals surface area contributed by atoms with Crippen LogP contribution in [0.15, 0.2) is 16.3 Å². The Hall–Kier alpha value is -0.980. The van der Waals surface area contributed by atoms with Gasteiger partial charge in [0.1, 0.15) is 15.2 Å². The normalized spacial score (nSPS) is 22.9. The number of hydrogen-bond acceptors (Lipinski definition) is 6. The molecule has 108 valence electrons. The van der Waals surface area contributed by atoms with E-state index in [2.05, 4.69) is 0 Å². The zero-order valence-electron chi connectivity index (χ0n) is 10.7. The van der Waals surface area contributed by atoms with E-state index in [0.29, 0.717) is 44.0 Å². The van der Waals surface area contributed by atoms with Crippen molar-refractivity contribution in [1.29, 1.82) is 5.26 Å². The molecular formula is C12H14N2O4S2. The Labute approximate surface area is 121 Å². The van der Waals surface area contributed by atoms with Crippen molar-refractivity contribution in [3.63, 3.8) is 0 Å². The average molecular weight is 314 g/mol. The molecule has 6 nitrogen and oxygen atoms in total. The van der Waals surface area contributed by atoms with Crippen molar-refractivity contribution < 1.29 is 17.9 Å². The highest BCUT2D eigenvalue weighted by Crippen LogP contribution is 2.34. The molecule has 0 aliphatic carbocycles. The third kappa shape index (κ3) is 2.36. The van der Waals surface area contributed by atoms with Crippen LogP contribution in [-0.2, 0) is 19.5 Å². The maximum absolute atomic E-state index is 12.5. The molecule has 1 spiro atoms. The number of hydrogen-bond donors (Lipinski definition) is 0. The molecule has 1 aromatic rings. The molecular weight excluding hydrogens is 300 g/mol. The van der Waals surface area contributed by atoms with E-state index in [4.69, 9.17) is 14.7 Å². The minimum Gasteiger partial charge on any atom is -0.347 e. The van der Waals surface area contributed by atoms with E-state index < -0.39 is 15.8 Å². The number of sulfonamides is 1. The smallest absolute Gasteiger partial charge is 0.252 e. The van der Waals surface area contributed by atoms with Crippen molar-refractivity contribution in [3.8, 4) is 6.07 Å². The van der Waals surface area contributed by atoms with Crippen LogP contribution in [0.4, 0.5) is 0 Å². The first kappa shape index (κ1) is 14.0. The first-order valence-corrected chi connectivity index (χ1v) is 8.59. The van der Waals surface area contributed by atoms with Crippen LogP contribution in [0.3, 0.4) is 0 Å². The maximum Gasteiger partial charge on any atom is 0.252 e. The molecule has 1 aromatic heterocycles. The van der Waals surface area contributed by atoms with E-state index in [9.17, 15) is 8.42 Å². The number of rotatable bonds is 2. The highest BCUT2D eigenvalue weighted by molar-refractivity contribution is 7.91. The van der Waals surface area contributed by atoms with E-state index >= 15 is 0 Å². The Balaban J connectivity index is 1.75. The summed E-state index contributed by atoms with van der Waals surface area (Å²) >= 11 is 1.00. The van der Waals surface area contributed by atoms with Gasteiger partial charge in [-0.2, -0.15) is 9.57 Å². The Morgan fingerprint density at radius 2 is 1.90 bits per heavy atom. The van der Waals surface area contributed by atoms with Gasteiger partial charge in [0.15, 0.2) is 5.79 Å². The van der Waals surface area contributed by atoms with Gasteiger partial charge in [-0.25, -0.2) is 8.42 Å². The summed E-state index contributed by atoms with van der Waals surface area (Å²) in [6.45, 7) is 1.90. The molecule has 2 saturated heterocycles. The lowest BCUT2D eigenvalue weighted by Gasteiger charge is -2.36. The molecule has 20 heavy (non-hydrogen) atoms. The van der Waals surface area contributed by atoms with Gasteiger partial charge in [-0.15, -0.1) is 11.3 Å². The molecule has 0 aromatic carbocycles. The van der Waals surface area contributed by atoms with Crippen LogP contribution in [0, 0.1) is 11.3 Å². The minimum absolute atomic E-state index is 0.221. The quantitative estimate of drug-likeness (QED) is 0.818. The van der Waals surface area contributed by atoms with Gasteiger partial charge in [-0.3, -0.25) is 0 Å². The van der Waals surface area contributed by atoms with Gasteiger partial charge in [0, 0.05) is 25.9 Å². The molecule has 0 N–H and O–H groups in total. The molecule has 0 radical (unpaired) electrons. The lowest BCUT2D eigenvalue weighted by molar-refractivity contribution is -0.179. The van der Waals surface area contributed by atoms with Crippen molar-refractivity contribution in [2.45, 2.75) is 22.8 Å². The second kappa shape index (κ2) is 5.09. The Kier molecular flexibility index (Phi) is 3.56. The van der Waals surface area contributed by atoms with Crippen molar-refractivity contribution in [2.75, 3.05) is 26.3 Å². The lowest BCUT2D eigenvalue weighted by Crippen LogP contribution is -2.47. The van der Waals surface area contributed by atoms with E-state index in [-0.39, 0.29) is 4.21 Å². The standard InChI is InChI=1S/C12H14N2O4S2/c13-9-10-1-2-11(19-10)20(15,16)14-5-3-12(4-6-14)17-7-8-18-12/h1-2H,3-8H2. The van der Waals surface area contributed by atoms with Crippen molar-refractivity contribution in [1.82, 2.24) is 4.31 Å². The average Bonchev–Trinajstić information content (AvgIpc) is 3.09. The molecule has 0 bridgehead atoms. The molecule has 2 aliphatic rings. The molecule has 0 unspecified atom stereocenters. The van der Waals surface area contributed by atoms with Crippen molar-refractivity contribution in [2.24, 2.45) is 0 Å². The fraction of sp³-hybridized carbons (Fsp3) is 0.583. The molecule has 2 aliphatic heterocycles. The van der Waals surface area contributed by atoms with Gasteiger partial charge >= 0.3 is 0 Å². The molecule has 0 saturated carbocycles. The summed E-state index contributed by atoms with van der Waals surface area (Å²) in [6, 6.07) is 4.98. The minimum atomic E-state index is -3.51. The van der Waals surface area contributed by atoms with Crippen LogP contribution < -0.4 is 0 Å². The van der Waals surface area contributed by atoms with Crippen molar-refractivity contribution >= 4 is 21.4 Å². The second-order valence-electron chi connectivity index (χ2n) is 4.74. The maximum atomic E-state index is 12.5. The van der Waals surface area contributed by atoms with Gasteiger partial charge in [-0.05, 0) is 12.1 Å². The zero-order chi connectivity index (χ0) is 14.2. The van der Waals surface area contributed by atoms with Crippen LogP contribution in [0.5, 0.6) is 0 Å². The first-order valence-electron chi connectivity index (χ1n) is 6.34. The summed E-state index contributed by atoms with van der Waals surface area (Å²) in [5, 5.41) is 8.79. The predicted molar refractivity (Wildman–Crippen MR) is 71.7 cm³/mol. The summed E-state index contributed by atoms with van der Waals surface area (Å²) in [5.41, 5.74) is 0. The van der Waals surface area contributed by atoms with Gasteiger partial charge in [0.25, 0.3) is 10.0 Å². The third-order valence-electron chi connectivity index (χ3n) is 3.58. The van der Waals surface area contributed by atoms with Gasteiger partial charge < -0.3 is 9.47 Å². The highest BCUT2D eigenvalue weighted by Gasteiger charge is 2.42. The third-order valence-corrected chi connectivity index (χ3v) is 6.94. The van der Waals surface area contributed by atoms with Crippen molar-refractivity contribution in [3.05, 3.63) is 17.0 Å². The van der Waals surface area contributed by atoms with Gasteiger partial charge in [0.2, 0.25) is 0 Å². The van der Waals surface area contributed by atoms with Gasteiger partial charge in [0.05, 0.1) is 13.2 Å². The summed E-state index contributed by atoms with van der Waals surface area (Å²) in [6.07, 6.45) is 1.09. The van der Waals surface area contributed by atoms with E-state index in [1.54, 1.807) is 0 Å². The fourth-order valence-corrected chi connectivity index (χ4v) is 5.20. The SMILES string of the molecule is N#Cc1ccc(S(=O)(=O)N2CCC3(CC2)OCCO3)s1. The fourth-order valence-electron chi connectivity index (χ4n) is 2.50. The first-order chi connectivity index (χ1) is 9.56. The van der Waals surface area contributed by atoms with E-state index in [1.165, 1.54) is 16.4 Å². The Morgan fingerprint density at radius 1 is 1.25 bits per heavy atom. The van der Waals surface area contributed by atoms with E-state index in [0.717, 1.165) is 11.3 Å². The van der Waals surface area contributed by atoms with Gasteiger partial charge in [-0.1, -0.05) is 0 Å². The Bertz CT molecular complexity index is 631. The second-order valence-corrected chi connectivity index (χ2v) is 7.99.